The lowest BCUT2D eigenvalue weighted by molar-refractivity contribution is 0.394. The Morgan fingerprint density at radius 3 is 2.92 bits per heavy atom. The molecule has 1 saturated carbocycles. The molecule has 0 saturated heterocycles. The third-order valence-electron chi connectivity index (χ3n) is 2.70. The SMILES string of the molecule is C=C(CN)CSC1CCCC(C)C1. The van der Waals surface area contributed by atoms with Gasteiger partial charge in [-0.3, -0.25) is 0 Å². The van der Waals surface area contributed by atoms with E-state index in [1.165, 1.54) is 31.3 Å². The highest BCUT2D eigenvalue weighted by molar-refractivity contribution is 8.00. The summed E-state index contributed by atoms with van der Waals surface area (Å²) in [7, 11) is 0. The van der Waals surface area contributed by atoms with Crippen molar-refractivity contribution in [2.75, 3.05) is 12.3 Å². The molecule has 1 aliphatic carbocycles. The van der Waals surface area contributed by atoms with Crippen LogP contribution in [0, 0.1) is 5.92 Å². The van der Waals surface area contributed by atoms with Crippen LogP contribution in [0.5, 0.6) is 0 Å². The summed E-state index contributed by atoms with van der Waals surface area (Å²) in [5, 5.41) is 0.868. The van der Waals surface area contributed by atoms with E-state index in [2.05, 4.69) is 25.3 Å². The van der Waals surface area contributed by atoms with Crippen LogP contribution >= 0.6 is 11.8 Å². The van der Waals surface area contributed by atoms with Crippen molar-refractivity contribution in [3.05, 3.63) is 12.2 Å². The summed E-state index contributed by atoms with van der Waals surface area (Å²) in [4.78, 5) is 0. The largest absolute Gasteiger partial charge is 0.327 e. The summed E-state index contributed by atoms with van der Waals surface area (Å²) < 4.78 is 0. The van der Waals surface area contributed by atoms with Gasteiger partial charge in [-0.05, 0) is 18.8 Å². The molecule has 0 radical (unpaired) electrons. The van der Waals surface area contributed by atoms with Crippen LogP contribution in [0.1, 0.15) is 32.6 Å². The van der Waals surface area contributed by atoms with Crippen LogP contribution in [-0.2, 0) is 0 Å². The van der Waals surface area contributed by atoms with E-state index in [1.54, 1.807) is 0 Å². The predicted octanol–water partition coefficient (Wildman–Crippen LogP) is 2.81. The Kier molecular flexibility index (Phi) is 4.89. The Hall–Kier alpha value is 0.0500. The molecule has 1 aliphatic rings. The van der Waals surface area contributed by atoms with Crippen molar-refractivity contribution in [2.45, 2.75) is 37.9 Å². The predicted molar refractivity (Wildman–Crippen MR) is 62.1 cm³/mol. The Labute approximate surface area is 86.2 Å². The summed E-state index contributed by atoms with van der Waals surface area (Å²) in [6.45, 7) is 6.94. The number of thioether (sulfide) groups is 1. The van der Waals surface area contributed by atoms with Crippen molar-refractivity contribution < 1.29 is 0 Å². The summed E-state index contributed by atoms with van der Waals surface area (Å²) in [5.41, 5.74) is 6.69. The van der Waals surface area contributed by atoms with E-state index in [1.807, 2.05) is 0 Å². The molecule has 2 atom stereocenters. The minimum atomic E-state index is 0.648. The number of hydrogen-bond donors (Lipinski definition) is 1. The third-order valence-corrected chi connectivity index (χ3v) is 4.17. The smallest absolute Gasteiger partial charge is 0.0155 e. The first-order valence-corrected chi connectivity index (χ1v) is 6.25. The zero-order valence-corrected chi connectivity index (χ0v) is 9.41. The first-order valence-electron chi connectivity index (χ1n) is 5.20. The highest BCUT2D eigenvalue weighted by atomic mass is 32.2. The van der Waals surface area contributed by atoms with Gasteiger partial charge in [-0.25, -0.2) is 0 Å². The van der Waals surface area contributed by atoms with Gasteiger partial charge in [-0.15, -0.1) is 0 Å². The van der Waals surface area contributed by atoms with Crippen LogP contribution in [-0.4, -0.2) is 17.5 Å². The van der Waals surface area contributed by atoms with E-state index in [-0.39, 0.29) is 0 Å². The molecule has 0 bridgehead atoms. The minimum Gasteiger partial charge on any atom is -0.327 e. The summed E-state index contributed by atoms with van der Waals surface area (Å²) in [5.74, 6) is 1.99. The van der Waals surface area contributed by atoms with Gasteiger partial charge in [0.1, 0.15) is 0 Å². The molecule has 0 spiro atoms. The van der Waals surface area contributed by atoms with E-state index < -0.39 is 0 Å². The molecule has 0 aromatic heterocycles. The summed E-state index contributed by atoms with van der Waals surface area (Å²) in [6, 6.07) is 0. The maximum atomic E-state index is 5.50. The van der Waals surface area contributed by atoms with Crippen LogP contribution in [0.4, 0.5) is 0 Å². The topological polar surface area (TPSA) is 26.0 Å². The molecule has 0 aromatic carbocycles. The second-order valence-corrected chi connectivity index (χ2v) is 5.45. The van der Waals surface area contributed by atoms with Gasteiger partial charge in [0.05, 0.1) is 0 Å². The van der Waals surface area contributed by atoms with Crippen molar-refractivity contribution in [3.63, 3.8) is 0 Å². The monoisotopic (exact) mass is 199 g/mol. The Morgan fingerprint density at radius 2 is 2.31 bits per heavy atom. The molecule has 1 nitrogen and oxygen atoms in total. The standard InChI is InChI=1S/C11H21NS/c1-9-4-3-5-11(6-9)13-8-10(2)7-12/h9,11H,2-8,12H2,1H3. The lowest BCUT2D eigenvalue weighted by atomic mass is 9.91. The van der Waals surface area contributed by atoms with Gasteiger partial charge in [0.25, 0.3) is 0 Å². The maximum Gasteiger partial charge on any atom is 0.0155 e. The average molecular weight is 199 g/mol. The molecular weight excluding hydrogens is 178 g/mol. The molecule has 0 aromatic rings. The van der Waals surface area contributed by atoms with E-state index in [0.717, 1.165) is 16.9 Å². The van der Waals surface area contributed by atoms with E-state index in [0.29, 0.717) is 6.54 Å². The van der Waals surface area contributed by atoms with Gasteiger partial charge in [-0.1, -0.05) is 31.9 Å². The number of rotatable bonds is 4. The fourth-order valence-electron chi connectivity index (χ4n) is 1.82. The van der Waals surface area contributed by atoms with Crippen LogP contribution in [0.25, 0.3) is 0 Å². The number of nitrogens with two attached hydrogens (primary N) is 1. The quantitative estimate of drug-likeness (QED) is 0.705. The van der Waals surface area contributed by atoms with Gasteiger partial charge in [0.15, 0.2) is 0 Å². The van der Waals surface area contributed by atoms with Crippen molar-refractivity contribution in [2.24, 2.45) is 11.7 Å². The highest BCUT2D eigenvalue weighted by Crippen LogP contribution is 2.32. The van der Waals surface area contributed by atoms with Crippen LogP contribution < -0.4 is 5.73 Å². The first kappa shape index (κ1) is 11.1. The lowest BCUT2D eigenvalue weighted by Crippen LogP contribution is -2.16. The molecule has 13 heavy (non-hydrogen) atoms. The van der Waals surface area contributed by atoms with Gasteiger partial charge >= 0.3 is 0 Å². The second kappa shape index (κ2) is 5.71. The fraction of sp³-hybridized carbons (Fsp3) is 0.818. The normalized spacial score (nSPS) is 28.8. The van der Waals surface area contributed by atoms with Gasteiger partial charge < -0.3 is 5.73 Å². The minimum absolute atomic E-state index is 0.648. The molecular formula is C11H21NS. The van der Waals surface area contributed by atoms with Crippen LogP contribution in [0.3, 0.4) is 0 Å². The zero-order valence-electron chi connectivity index (χ0n) is 8.59. The molecule has 0 aliphatic heterocycles. The highest BCUT2D eigenvalue weighted by Gasteiger charge is 2.18. The molecule has 2 heteroatoms. The Balaban J connectivity index is 2.17. The van der Waals surface area contributed by atoms with E-state index in [4.69, 9.17) is 5.73 Å². The molecule has 0 amide bonds. The molecule has 2 unspecified atom stereocenters. The lowest BCUT2D eigenvalue weighted by Gasteiger charge is -2.26. The average Bonchev–Trinajstić information content (AvgIpc) is 2.14. The van der Waals surface area contributed by atoms with E-state index >= 15 is 0 Å². The molecule has 1 fully saturated rings. The second-order valence-electron chi connectivity index (χ2n) is 4.16. The first-order chi connectivity index (χ1) is 6.22. The summed E-state index contributed by atoms with van der Waals surface area (Å²) in [6.07, 6.45) is 5.62. The van der Waals surface area contributed by atoms with E-state index in [9.17, 15) is 0 Å². The zero-order chi connectivity index (χ0) is 9.68. The maximum absolute atomic E-state index is 5.50. The molecule has 1 rings (SSSR count). The third kappa shape index (κ3) is 4.19. The van der Waals surface area contributed by atoms with Crippen molar-refractivity contribution in [3.8, 4) is 0 Å². The number of hydrogen-bond acceptors (Lipinski definition) is 2. The molecule has 2 N–H and O–H groups in total. The van der Waals surface area contributed by atoms with Gasteiger partial charge in [0.2, 0.25) is 0 Å². The van der Waals surface area contributed by atoms with Crippen LogP contribution in [0.2, 0.25) is 0 Å². The van der Waals surface area contributed by atoms with Gasteiger partial charge in [-0.2, -0.15) is 11.8 Å². The van der Waals surface area contributed by atoms with Crippen LogP contribution in [0.15, 0.2) is 12.2 Å². The molecule has 76 valence electrons. The summed E-state index contributed by atoms with van der Waals surface area (Å²) >= 11 is 2.05. The van der Waals surface area contributed by atoms with Crippen molar-refractivity contribution in [1.29, 1.82) is 0 Å². The van der Waals surface area contributed by atoms with Crippen molar-refractivity contribution in [1.82, 2.24) is 0 Å². The van der Waals surface area contributed by atoms with Gasteiger partial charge in [0, 0.05) is 17.5 Å². The molecule has 0 heterocycles. The van der Waals surface area contributed by atoms with Crippen molar-refractivity contribution >= 4 is 11.8 Å². The fourth-order valence-corrected chi connectivity index (χ4v) is 3.21. The Bertz CT molecular complexity index is 167. The Morgan fingerprint density at radius 1 is 1.54 bits per heavy atom.